The van der Waals surface area contributed by atoms with E-state index in [1.54, 1.807) is 0 Å². The van der Waals surface area contributed by atoms with Gasteiger partial charge in [0.2, 0.25) is 0 Å². The maximum atomic E-state index is 2.28. The zero-order chi connectivity index (χ0) is 67.1. The molecule has 0 radical (unpaired) electrons. The Hall–Kier alpha value is -10.2. The molecule has 0 atom stereocenters. The first-order valence-electron chi connectivity index (χ1n) is 33.8. The van der Waals surface area contributed by atoms with Gasteiger partial charge < -0.3 is 19.6 Å². The molecule has 0 unspecified atom stereocenters. The van der Waals surface area contributed by atoms with E-state index < -0.39 is 0 Å². The normalized spacial score (nSPS) is 9.20. The third-order valence-corrected chi connectivity index (χ3v) is 13.3. The molecule has 0 bridgehead atoms. The summed E-state index contributed by atoms with van der Waals surface area (Å²) in [6.07, 6.45) is 0. The smallest absolute Gasteiger partial charge is 0.0462 e. The van der Waals surface area contributed by atoms with Crippen molar-refractivity contribution in [3.63, 3.8) is 0 Å². The first-order chi connectivity index (χ1) is 45.7. The van der Waals surface area contributed by atoms with Crippen molar-refractivity contribution >= 4 is 68.2 Å². The van der Waals surface area contributed by atoms with Crippen molar-refractivity contribution in [1.82, 2.24) is 0 Å². The second-order valence-corrected chi connectivity index (χ2v) is 18.2. The molecule has 0 aromatic heterocycles. The summed E-state index contributed by atoms with van der Waals surface area (Å²) in [5.41, 5.74) is 18.4. The van der Waals surface area contributed by atoms with E-state index in [0.29, 0.717) is 0 Å². The monoisotopic (exact) mass is 1230 g/mol. The molecule has 4 nitrogen and oxygen atoms in total. The number of hydrogen-bond donors (Lipinski definition) is 0. The molecule has 93 heavy (non-hydrogen) atoms. The number of para-hydroxylation sites is 8. The Kier molecular flexibility index (Phi) is 40.5. The van der Waals surface area contributed by atoms with Gasteiger partial charge in [-0.2, -0.15) is 0 Å². The van der Waals surface area contributed by atoms with E-state index in [2.05, 4.69) is 359 Å². The van der Waals surface area contributed by atoms with Gasteiger partial charge in [0, 0.05) is 68.2 Å². The zero-order valence-electron chi connectivity index (χ0n) is 58.1. The van der Waals surface area contributed by atoms with Gasteiger partial charge in [-0.15, -0.1) is 0 Å². The summed E-state index contributed by atoms with van der Waals surface area (Å²) in [6.45, 7) is 32.0. The van der Waals surface area contributed by atoms with Crippen molar-refractivity contribution in [3.8, 4) is 22.3 Å². The highest BCUT2D eigenvalue weighted by Gasteiger charge is 2.17. The summed E-state index contributed by atoms with van der Waals surface area (Å²) in [5, 5.41) is 0. The quantitative estimate of drug-likeness (QED) is 0.108. The van der Waals surface area contributed by atoms with Crippen LogP contribution in [0, 0.1) is 0 Å². The Balaban J connectivity index is 0.000000517. The van der Waals surface area contributed by atoms with Crippen LogP contribution in [0.3, 0.4) is 0 Å². The van der Waals surface area contributed by atoms with Crippen LogP contribution in [0.4, 0.5) is 68.2 Å². The molecular weight excluding hydrogens is 1130 g/mol. The molecule has 0 amide bonds. The molecule has 12 rings (SSSR count). The fraction of sp³-hybridized carbons (Fsp3) is 0.191. The fourth-order valence-electron chi connectivity index (χ4n) is 9.62. The van der Waals surface area contributed by atoms with Crippen LogP contribution in [0.1, 0.15) is 118 Å². The highest BCUT2D eigenvalue weighted by molar-refractivity contribution is 5.83. The second kappa shape index (κ2) is 47.7. The van der Waals surface area contributed by atoms with E-state index in [1.807, 2.05) is 111 Å². The van der Waals surface area contributed by atoms with E-state index in [-0.39, 0.29) is 7.43 Å². The number of nitrogens with zero attached hydrogens (tertiary/aromatic N) is 4. The van der Waals surface area contributed by atoms with E-state index in [4.69, 9.17) is 0 Å². The highest BCUT2D eigenvalue weighted by Crippen LogP contribution is 2.40. The third kappa shape index (κ3) is 23.2. The lowest BCUT2D eigenvalue weighted by atomic mass is 10.0. The maximum Gasteiger partial charge on any atom is 0.0462 e. The molecule has 12 aromatic carbocycles. The minimum absolute atomic E-state index is 0. The lowest BCUT2D eigenvalue weighted by Gasteiger charge is -2.26. The Bertz CT molecular complexity index is 2970. The molecule has 484 valence electrons. The lowest BCUT2D eigenvalue weighted by molar-refractivity contribution is 1.28. The molecule has 0 saturated carbocycles. The van der Waals surface area contributed by atoms with E-state index in [1.165, 1.54) is 22.3 Å². The molecule has 0 fully saturated rings. The van der Waals surface area contributed by atoms with Crippen LogP contribution in [-0.4, -0.2) is 0 Å². The summed E-state index contributed by atoms with van der Waals surface area (Å²) in [6, 6.07) is 119. The van der Waals surface area contributed by atoms with Gasteiger partial charge in [-0.1, -0.05) is 312 Å². The van der Waals surface area contributed by atoms with Gasteiger partial charge in [0.1, 0.15) is 0 Å². The largest absolute Gasteiger partial charge is 0.311 e. The fourth-order valence-corrected chi connectivity index (χ4v) is 9.62. The number of rotatable bonds is 14. The maximum absolute atomic E-state index is 2.28. The predicted octanol–water partition coefficient (Wildman–Crippen LogP) is 29.4. The van der Waals surface area contributed by atoms with Gasteiger partial charge in [-0.3, -0.25) is 0 Å². The SMILES string of the molecule is C.CC.CC.CC.CC.CC.CC.CC.CC.c1ccc(N(c2ccccc2)c2ccc(-c3ccc(N(c4ccccc4)c4ccccc4)cc3)cc2)cc1.c1ccc(N(c2ccccc2)c2ccc(-c3ccc(N(c4ccccc4)c4ccccc4)cc3)cc2)cc1. The molecule has 0 N–H and O–H groups in total. The van der Waals surface area contributed by atoms with Crippen molar-refractivity contribution in [1.29, 1.82) is 0 Å². The Labute approximate surface area is 564 Å². The minimum Gasteiger partial charge on any atom is -0.311 e. The molecule has 0 aliphatic rings. The average Bonchev–Trinajstić information content (AvgIpc) is 1.25. The van der Waals surface area contributed by atoms with Gasteiger partial charge in [0.25, 0.3) is 0 Å². The van der Waals surface area contributed by atoms with Crippen LogP contribution >= 0.6 is 0 Å². The van der Waals surface area contributed by atoms with Crippen molar-refractivity contribution < 1.29 is 0 Å². The van der Waals surface area contributed by atoms with Crippen LogP contribution in [0.25, 0.3) is 22.3 Å². The van der Waals surface area contributed by atoms with E-state index in [9.17, 15) is 0 Å². The third-order valence-electron chi connectivity index (χ3n) is 13.3. The number of benzene rings is 12. The van der Waals surface area contributed by atoms with Crippen molar-refractivity contribution in [2.24, 2.45) is 0 Å². The standard InChI is InChI=1S/2C36H28N2.8C2H6.CH4/c2*1-5-13-31(14-6-1)37(32-15-7-2-8-16-32)35-25-21-29(22-26-35)30-23-27-36(28-24-30)38(33-17-9-3-10-18-33)34-19-11-4-12-20-34;8*1-2;/h2*1-28H;8*1-2H3;1H4. The number of hydrogen-bond acceptors (Lipinski definition) is 4. The lowest BCUT2D eigenvalue weighted by Crippen LogP contribution is -2.09. The molecular formula is C89H108N4. The second-order valence-electron chi connectivity index (χ2n) is 18.2. The first-order valence-corrected chi connectivity index (χ1v) is 33.8. The summed E-state index contributed by atoms with van der Waals surface area (Å²) in [4.78, 5) is 9.13. The van der Waals surface area contributed by atoms with Gasteiger partial charge in [0.05, 0.1) is 0 Å². The van der Waals surface area contributed by atoms with Gasteiger partial charge in [0.15, 0.2) is 0 Å². The minimum atomic E-state index is 0. The molecule has 0 aliphatic heterocycles. The summed E-state index contributed by atoms with van der Waals surface area (Å²) in [5.74, 6) is 0. The predicted molar refractivity (Wildman–Crippen MR) is 420 cm³/mol. The van der Waals surface area contributed by atoms with E-state index in [0.717, 1.165) is 68.2 Å². The van der Waals surface area contributed by atoms with Crippen LogP contribution in [-0.2, 0) is 0 Å². The molecule has 0 spiro atoms. The van der Waals surface area contributed by atoms with Crippen LogP contribution < -0.4 is 19.6 Å². The van der Waals surface area contributed by atoms with E-state index >= 15 is 0 Å². The topological polar surface area (TPSA) is 13.0 Å². The van der Waals surface area contributed by atoms with Crippen LogP contribution in [0.15, 0.2) is 340 Å². The van der Waals surface area contributed by atoms with Crippen LogP contribution in [0.5, 0.6) is 0 Å². The summed E-state index contributed by atoms with van der Waals surface area (Å²) < 4.78 is 0. The van der Waals surface area contributed by atoms with Gasteiger partial charge in [-0.05, 0) is 168 Å². The molecule has 0 heterocycles. The van der Waals surface area contributed by atoms with Gasteiger partial charge in [-0.25, -0.2) is 0 Å². The molecule has 0 saturated heterocycles. The Morgan fingerprint density at radius 2 is 0.204 bits per heavy atom. The van der Waals surface area contributed by atoms with Gasteiger partial charge >= 0.3 is 0 Å². The van der Waals surface area contributed by atoms with Crippen LogP contribution in [0.2, 0.25) is 0 Å². The van der Waals surface area contributed by atoms with Crippen molar-refractivity contribution in [3.05, 3.63) is 340 Å². The highest BCUT2D eigenvalue weighted by atomic mass is 15.2. The summed E-state index contributed by atoms with van der Waals surface area (Å²) in [7, 11) is 0. The first kappa shape index (κ1) is 78.9. The Morgan fingerprint density at radius 1 is 0.118 bits per heavy atom. The summed E-state index contributed by atoms with van der Waals surface area (Å²) >= 11 is 0. The molecule has 0 aliphatic carbocycles. The Morgan fingerprint density at radius 3 is 0.301 bits per heavy atom. The van der Waals surface area contributed by atoms with Crippen molar-refractivity contribution in [2.75, 3.05) is 19.6 Å². The molecule has 4 heteroatoms. The number of anilines is 12. The van der Waals surface area contributed by atoms with Crippen molar-refractivity contribution in [2.45, 2.75) is 118 Å². The molecule has 12 aromatic rings. The average molecular weight is 1230 g/mol. The zero-order valence-corrected chi connectivity index (χ0v) is 58.1.